The zero-order valence-electron chi connectivity index (χ0n) is 9.06. The van der Waals surface area contributed by atoms with Crippen molar-refractivity contribution in [3.8, 4) is 0 Å². The second kappa shape index (κ2) is 31.5. The molecular formula is C8H16Cl6PdS2. The van der Waals surface area contributed by atoms with Gasteiger partial charge < -0.3 is 0 Å². The van der Waals surface area contributed by atoms with Gasteiger partial charge >= 0.3 is 35.0 Å². The third-order valence-electron chi connectivity index (χ3n) is 0.886. The number of halogens is 6. The van der Waals surface area contributed by atoms with Crippen LogP contribution in [0.25, 0.3) is 0 Å². The molecule has 0 radical (unpaired) electrons. The summed E-state index contributed by atoms with van der Waals surface area (Å²) in [5, 5.41) is 0. The molecule has 0 aromatic carbocycles. The van der Waals surface area contributed by atoms with Gasteiger partial charge in [-0.05, 0) is 0 Å². The van der Waals surface area contributed by atoms with Crippen molar-refractivity contribution in [1.82, 2.24) is 0 Å². The average Bonchev–Trinajstić information content (AvgIpc) is 2.32. The van der Waals surface area contributed by atoms with Gasteiger partial charge in [-0.2, -0.15) is 23.5 Å². The molecule has 0 spiro atoms. The monoisotopic (exact) mass is 492 g/mol. The van der Waals surface area contributed by atoms with Crippen molar-refractivity contribution in [3.05, 3.63) is 0 Å². The Bertz CT molecular complexity index is 86.1. The third kappa shape index (κ3) is 45.3. The van der Waals surface area contributed by atoms with Crippen LogP contribution in [0.5, 0.6) is 0 Å². The molecule has 0 fully saturated rings. The van der Waals surface area contributed by atoms with Crippen molar-refractivity contribution in [1.29, 1.82) is 0 Å². The van der Waals surface area contributed by atoms with Crippen molar-refractivity contribution in [2.75, 3.05) is 46.5 Å². The minimum atomic E-state index is -0.106. The number of hydrogen-bond acceptors (Lipinski definition) is 2. The first kappa shape index (κ1) is 25.1. The Balaban J connectivity index is -0.000000188. The summed E-state index contributed by atoms with van der Waals surface area (Å²) < 4.78 is 0. The van der Waals surface area contributed by atoms with Gasteiger partial charge in [-0.3, -0.25) is 0 Å². The van der Waals surface area contributed by atoms with Crippen molar-refractivity contribution in [2.45, 2.75) is 0 Å². The molecule has 0 unspecified atom stereocenters. The van der Waals surface area contributed by atoms with E-state index < -0.39 is 0 Å². The van der Waals surface area contributed by atoms with Gasteiger partial charge in [0.2, 0.25) is 0 Å². The topological polar surface area (TPSA) is 0 Å². The molecule has 0 rings (SSSR count). The second-order valence-electron chi connectivity index (χ2n) is 2.03. The van der Waals surface area contributed by atoms with Gasteiger partial charge in [0.1, 0.15) is 0 Å². The zero-order chi connectivity index (χ0) is 13.8. The van der Waals surface area contributed by atoms with E-state index in [1.165, 1.54) is 0 Å². The van der Waals surface area contributed by atoms with E-state index >= 15 is 0 Å². The van der Waals surface area contributed by atoms with E-state index in [0.717, 1.165) is 46.5 Å². The first-order valence-corrected chi connectivity index (χ1v) is 12.9. The normalized spacial score (nSPS) is 9.06. The summed E-state index contributed by atoms with van der Waals surface area (Å²) in [7, 11) is 9.63. The van der Waals surface area contributed by atoms with Gasteiger partial charge in [-0.15, -0.1) is 46.4 Å². The van der Waals surface area contributed by atoms with Crippen molar-refractivity contribution >= 4 is 89.0 Å². The molecule has 112 valence electrons. The molecule has 17 heavy (non-hydrogen) atoms. The minimum absolute atomic E-state index is 0.106. The van der Waals surface area contributed by atoms with Crippen LogP contribution in [-0.4, -0.2) is 46.5 Å². The summed E-state index contributed by atoms with van der Waals surface area (Å²) in [6, 6.07) is 0. The van der Waals surface area contributed by atoms with Crippen molar-refractivity contribution in [2.24, 2.45) is 0 Å². The van der Waals surface area contributed by atoms with E-state index in [0.29, 0.717) is 0 Å². The van der Waals surface area contributed by atoms with Gasteiger partial charge in [-0.1, -0.05) is 0 Å². The van der Waals surface area contributed by atoms with Crippen molar-refractivity contribution in [3.63, 3.8) is 0 Å². The first-order chi connectivity index (χ1) is 8.24. The van der Waals surface area contributed by atoms with Gasteiger partial charge in [0, 0.05) is 46.5 Å². The molecule has 0 amide bonds. The third-order valence-corrected chi connectivity index (χ3v) is 4.51. The molecule has 0 nitrogen and oxygen atoms in total. The summed E-state index contributed by atoms with van der Waals surface area (Å²) in [5.41, 5.74) is 0. The Labute approximate surface area is 150 Å². The maximum atomic E-state index is 5.37. The SMILES string of the molecule is ClCCSCCCl.ClCCSCCCl.[Cl][Pd][Cl]. The van der Waals surface area contributed by atoms with Crippen LogP contribution in [0, 0.1) is 0 Å². The molecule has 0 aromatic rings. The number of hydrogen-bond donors (Lipinski definition) is 0. The predicted molar refractivity (Wildman–Crippen MR) is 89.2 cm³/mol. The average molecular weight is 495 g/mol. The van der Waals surface area contributed by atoms with Gasteiger partial charge in [0.05, 0.1) is 0 Å². The van der Waals surface area contributed by atoms with Gasteiger partial charge in [0.25, 0.3) is 0 Å². The van der Waals surface area contributed by atoms with E-state index in [2.05, 4.69) is 0 Å². The Morgan fingerprint density at radius 3 is 0.882 bits per heavy atom. The number of rotatable bonds is 8. The van der Waals surface area contributed by atoms with E-state index in [1.54, 1.807) is 23.5 Å². The molecule has 0 aliphatic rings. The Morgan fingerprint density at radius 1 is 0.588 bits per heavy atom. The standard InChI is InChI=1S/2C4H8Cl2S.2ClH.Pd/c2*5-1-3-7-4-2-6;;;/h2*1-4H2;2*1H;/q;;;;+2/p-2. The molecule has 0 N–H and O–H groups in total. The molecule has 0 aliphatic carbocycles. The number of thioether (sulfide) groups is 2. The van der Waals surface area contributed by atoms with Crippen LogP contribution in [0.2, 0.25) is 0 Å². The van der Waals surface area contributed by atoms with E-state index in [4.69, 9.17) is 65.5 Å². The molecule has 0 atom stereocenters. The Hall–Kier alpha value is 3.10. The fraction of sp³-hybridized carbons (Fsp3) is 1.00. The van der Waals surface area contributed by atoms with Gasteiger partial charge in [0.15, 0.2) is 0 Å². The molecule has 9 heteroatoms. The fourth-order valence-electron chi connectivity index (χ4n) is 0.422. The molecule has 0 aliphatic heterocycles. The van der Waals surface area contributed by atoms with Crippen LogP contribution in [0.3, 0.4) is 0 Å². The Kier molecular flexibility index (Phi) is 46.4. The van der Waals surface area contributed by atoms with Gasteiger partial charge in [-0.25, -0.2) is 0 Å². The second-order valence-corrected chi connectivity index (χ2v) is 8.35. The van der Waals surface area contributed by atoms with Crippen molar-refractivity contribution < 1.29 is 15.9 Å². The molecule has 0 heterocycles. The molecular weight excluding hydrogens is 479 g/mol. The molecule has 0 saturated heterocycles. The molecule has 0 saturated carbocycles. The first-order valence-electron chi connectivity index (χ1n) is 4.46. The van der Waals surface area contributed by atoms with Crippen LogP contribution in [0.1, 0.15) is 0 Å². The number of alkyl halides is 4. The van der Waals surface area contributed by atoms with Crippen LogP contribution in [0.15, 0.2) is 0 Å². The molecule has 0 aromatic heterocycles. The predicted octanol–water partition coefficient (Wildman–Crippen LogP) is 5.77. The van der Waals surface area contributed by atoms with Crippen LogP contribution >= 0.6 is 89.0 Å². The summed E-state index contributed by atoms with van der Waals surface area (Å²) in [5.74, 6) is 7.04. The fourth-order valence-corrected chi connectivity index (χ4v) is 2.58. The zero-order valence-corrected chi connectivity index (χ0v) is 16.8. The van der Waals surface area contributed by atoms with E-state index in [-0.39, 0.29) is 15.9 Å². The van der Waals surface area contributed by atoms with Crippen LogP contribution < -0.4 is 0 Å². The summed E-state index contributed by atoms with van der Waals surface area (Å²) in [6.07, 6.45) is 0. The quantitative estimate of drug-likeness (QED) is 0.238. The van der Waals surface area contributed by atoms with Crippen LogP contribution in [0.4, 0.5) is 0 Å². The van der Waals surface area contributed by atoms with Crippen LogP contribution in [-0.2, 0) is 15.9 Å². The molecule has 0 bridgehead atoms. The maximum absolute atomic E-state index is 5.37. The summed E-state index contributed by atoms with van der Waals surface area (Å²) in [4.78, 5) is 0. The van der Waals surface area contributed by atoms with E-state index in [9.17, 15) is 0 Å². The Morgan fingerprint density at radius 2 is 0.765 bits per heavy atom. The van der Waals surface area contributed by atoms with E-state index in [1.807, 2.05) is 0 Å². The summed E-state index contributed by atoms with van der Waals surface area (Å²) >= 11 is 25.0. The summed E-state index contributed by atoms with van der Waals surface area (Å²) in [6.45, 7) is 0.